The van der Waals surface area contributed by atoms with Crippen molar-refractivity contribution < 1.29 is 0 Å². The van der Waals surface area contributed by atoms with Crippen molar-refractivity contribution in [3.05, 3.63) is 84.4 Å². The minimum atomic E-state index is 0.576. The molecule has 3 nitrogen and oxygen atoms in total. The highest BCUT2D eigenvalue weighted by Gasteiger charge is 2.20. The fourth-order valence-corrected chi connectivity index (χ4v) is 4.31. The van der Waals surface area contributed by atoms with Crippen LogP contribution >= 0.6 is 0 Å². The average molecular weight is 367 g/mol. The molecule has 3 heteroatoms. The Balaban J connectivity index is 1.64. The van der Waals surface area contributed by atoms with Crippen molar-refractivity contribution in [1.29, 1.82) is 0 Å². The SMILES string of the molecule is c1ccc(Cn2nc(-c3ccccc3)c3c(NC4CCCC4)cccc32)cc1. The van der Waals surface area contributed by atoms with Gasteiger partial charge in [-0.25, -0.2) is 0 Å². The number of aromatic nitrogens is 2. The Morgan fingerprint density at radius 2 is 1.54 bits per heavy atom. The number of nitrogens with one attached hydrogen (secondary N) is 1. The molecule has 0 saturated heterocycles. The van der Waals surface area contributed by atoms with E-state index in [2.05, 4.69) is 88.9 Å². The second-order valence-corrected chi connectivity index (χ2v) is 7.68. The average Bonchev–Trinajstić information content (AvgIpc) is 3.38. The highest BCUT2D eigenvalue weighted by atomic mass is 15.3. The number of rotatable bonds is 5. The van der Waals surface area contributed by atoms with E-state index in [-0.39, 0.29) is 0 Å². The highest BCUT2D eigenvalue weighted by molar-refractivity contribution is 6.02. The van der Waals surface area contributed by atoms with Gasteiger partial charge >= 0.3 is 0 Å². The van der Waals surface area contributed by atoms with E-state index in [4.69, 9.17) is 5.10 Å². The standard InChI is InChI=1S/C25H25N3/c1-3-10-19(11-4-1)18-28-23-17-9-16-22(26-21-14-7-8-15-21)24(23)25(27-28)20-12-5-2-6-13-20/h1-6,9-13,16-17,21,26H,7-8,14-15,18H2. The molecule has 3 aromatic carbocycles. The molecule has 5 rings (SSSR count). The summed E-state index contributed by atoms with van der Waals surface area (Å²) in [6.07, 6.45) is 5.17. The largest absolute Gasteiger partial charge is 0.382 e. The number of nitrogens with zero attached hydrogens (tertiary/aromatic N) is 2. The van der Waals surface area contributed by atoms with E-state index in [1.165, 1.54) is 53.4 Å². The molecular formula is C25H25N3. The van der Waals surface area contributed by atoms with E-state index < -0.39 is 0 Å². The first kappa shape index (κ1) is 17.1. The van der Waals surface area contributed by atoms with E-state index in [1.807, 2.05) is 0 Å². The van der Waals surface area contributed by atoms with Gasteiger partial charge in [0.15, 0.2) is 0 Å². The third-order valence-electron chi connectivity index (χ3n) is 5.72. The van der Waals surface area contributed by atoms with Crippen molar-refractivity contribution in [2.24, 2.45) is 0 Å². The third kappa shape index (κ3) is 3.29. The first-order valence-electron chi connectivity index (χ1n) is 10.2. The molecule has 28 heavy (non-hydrogen) atoms. The molecule has 1 N–H and O–H groups in total. The molecule has 1 saturated carbocycles. The van der Waals surface area contributed by atoms with E-state index >= 15 is 0 Å². The van der Waals surface area contributed by atoms with Gasteiger partial charge in [0.25, 0.3) is 0 Å². The molecule has 1 aliphatic carbocycles. The second-order valence-electron chi connectivity index (χ2n) is 7.68. The Kier molecular flexibility index (Phi) is 4.58. The molecule has 1 fully saturated rings. The van der Waals surface area contributed by atoms with E-state index in [0.717, 1.165) is 12.2 Å². The van der Waals surface area contributed by atoms with E-state index in [1.54, 1.807) is 0 Å². The summed E-state index contributed by atoms with van der Waals surface area (Å²) in [4.78, 5) is 0. The number of benzene rings is 3. The molecule has 1 heterocycles. The van der Waals surface area contributed by atoms with Crippen LogP contribution in [-0.4, -0.2) is 15.8 Å². The third-order valence-corrected chi connectivity index (χ3v) is 5.72. The highest BCUT2D eigenvalue weighted by Crippen LogP contribution is 2.35. The van der Waals surface area contributed by atoms with Crippen LogP contribution in [0.5, 0.6) is 0 Å². The maximum Gasteiger partial charge on any atom is 0.102 e. The molecule has 1 aliphatic rings. The normalized spacial score (nSPS) is 14.6. The van der Waals surface area contributed by atoms with Gasteiger partial charge in [0, 0.05) is 17.3 Å². The first-order valence-corrected chi connectivity index (χ1v) is 10.2. The monoisotopic (exact) mass is 367 g/mol. The predicted molar refractivity (Wildman–Crippen MR) is 117 cm³/mol. The summed E-state index contributed by atoms with van der Waals surface area (Å²) in [5.41, 5.74) is 5.89. The van der Waals surface area contributed by atoms with Crippen LogP contribution in [-0.2, 0) is 6.54 Å². The van der Waals surface area contributed by atoms with Crippen molar-refractivity contribution in [2.75, 3.05) is 5.32 Å². The Hall–Kier alpha value is -3.07. The molecule has 0 amide bonds. The van der Waals surface area contributed by atoms with Gasteiger partial charge in [-0.3, -0.25) is 4.68 Å². The van der Waals surface area contributed by atoms with Crippen LogP contribution in [0.4, 0.5) is 5.69 Å². The number of hydrogen-bond donors (Lipinski definition) is 1. The lowest BCUT2D eigenvalue weighted by Crippen LogP contribution is -2.14. The van der Waals surface area contributed by atoms with Crippen molar-refractivity contribution in [1.82, 2.24) is 9.78 Å². The van der Waals surface area contributed by atoms with Crippen molar-refractivity contribution >= 4 is 16.6 Å². The van der Waals surface area contributed by atoms with Gasteiger partial charge in [-0.05, 0) is 30.5 Å². The molecule has 0 unspecified atom stereocenters. The molecular weight excluding hydrogens is 342 g/mol. The van der Waals surface area contributed by atoms with Crippen LogP contribution in [0.3, 0.4) is 0 Å². The quantitative estimate of drug-likeness (QED) is 0.461. The maximum absolute atomic E-state index is 5.07. The van der Waals surface area contributed by atoms with E-state index in [9.17, 15) is 0 Å². The Labute approximate surface area is 166 Å². The summed E-state index contributed by atoms with van der Waals surface area (Å²) in [5.74, 6) is 0. The van der Waals surface area contributed by atoms with Crippen molar-refractivity contribution in [3.8, 4) is 11.3 Å². The fourth-order valence-electron chi connectivity index (χ4n) is 4.31. The summed E-state index contributed by atoms with van der Waals surface area (Å²) < 4.78 is 2.15. The fraction of sp³-hybridized carbons (Fsp3) is 0.240. The van der Waals surface area contributed by atoms with Gasteiger partial charge in [-0.2, -0.15) is 5.10 Å². The summed E-state index contributed by atoms with van der Waals surface area (Å²) >= 11 is 0. The van der Waals surface area contributed by atoms with Crippen LogP contribution in [0.2, 0.25) is 0 Å². The van der Waals surface area contributed by atoms with Gasteiger partial charge < -0.3 is 5.32 Å². The molecule has 140 valence electrons. The lowest BCUT2D eigenvalue weighted by Gasteiger charge is -2.15. The van der Waals surface area contributed by atoms with Crippen molar-refractivity contribution in [3.63, 3.8) is 0 Å². The van der Waals surface area contributed by atoms with Crippen LogP contribution in [0.25, 0.3) is 22.2 Å². The smallest absolute Gasteiger partial charge is 0.102 e. The Bertz CT molecular complexity index is 1060. The Morgan fingerprint density at radius 3 is 2.29 bits per heavy atom. The number of fused-ring (bicyclic) bond motifs is 1. The number of anilines is 1. The van der Waals surface area contributed by atoms with Crippen LogP contribution < -0.4 is 5.32 Å². The first-order chi connectivity index (χ1) is 13.9. The molecule has 0 radical (unpaired) electrons. The van der Waals surface area contributed by atoms with Gasteiger partial charge in [0.2, 0.25) is 0 Å². The van der Waals surface area contributed by atoms with Crippen molar-refractivity contribution in [2.45, 2.75) is 38.3 Å². The van der Waals surface area contributed by atoms with Crippen LogP contribution in [0.1, 0.15) is 31.2 Å². The topological polar surface area (TPSA) is 29.9 Å². The maximum atomic E-state index is 5.07. The summed E-state index contributed by atoms with van der Waals surface area (Å²) in [6.45, 7) is 0.775. The van der Waals surface area contributed by atoms with Gasteiger partial charge in [-0.1, -0.05) is 79.6 Å². The Morgan fingerprint density at radius 1 is 0.821 bits per heavy atom. The predicted octanol–water partition coefficient (Wildman–Crippen LogP) is 6.11. The van der Waals surface area contributed by atoms with Gasteiger partial charge in [-0.15, -0.1) is 0 Å². The summed E-state index contributed by atoms with van der Waals surface area (Å²) in [7, 11) is 0. The summed E-state index contributed by atoms with van der Waals surface area (Å²) in [5, 5.41) is 10.1. The summed E-state index contributed by atoms with van der Waals surface area (Å²) in [6, 6.07) is 28.2. The van der Waals surface area contributed by atoms with Gasteiger partial charge in [0.1, 0.15) is 5.69 Å². The molecule has 1 aromatic heterocycles. The second kappa shape index (κ2) is 7.51. The van der Waals surface area contributed by atoms with Crippen LogP contribution in [0.15, 0.2) is 78.9 Å². The number of hydrogen-bond acceptors (Lipinski definition) is 2. The molecule has 4 aromatic rings. The lowest BCUT2D eigenvalue weighted by atomic mass is 10.1. The minimum absolute atomic E-state index is 0.576. The zero-order valence-electron chi connectivity index (χ0n) is 16.0. The molecule has 0 bridgehead atoms. The van der Waals surface area contributed by atoms with Gasteiger partial charge in [0.05, 0.1) is 17.4 Å². The van der Waals surface area contributed by atoms with E-state index in [0.29, 0.717) is 6.04 Å². The minimum Gasteiger partial charge on any atom is -0.382 e. The zero-order valence-corrected chi connectivity index (χ0v) is 16.0. The molecule has 0 aliphatic heterocycles. The van der Waals surface area contributed by atoms with Crippen LogP contribution in [0, 0.1) is 0 Å². The molecule has 0 atom stereocenters. The zero-order chi connectivity index (χ0) is 18.8. The molecule has 0 spiro atoms. The lowest BCUT2D eigenvalue weighted by molar-refractivity contribution is 0.715.